The van der Waals surface area contributed by atoms with E-state index >= 15 is 0 Å². The Balaban J connectivity index is 0.00000484. The largest absolute Gasteiger partial charge is 0.366 e. The van der Waals surface area contributed by atoms with Crippen LogP contribution in [-0.4, -0.2) is 37.8 Å². The van der Waals surface area contributed by atoms with Gasteiger partial charge in [-0.25, -0.2) is 8.42 Å². The summed E-state index contributed by atoms with van der Waals surface area (Å²) in [5.74, 6) is -1.57. The number of halogens is 2. The molecule has 1 aromatic rings. The van der Waals surface area contributed by atoms with Crippen LogP contribution in [0.4, 0.5) is 0 Å². The smallest absolute Gasteiger partial charge is 0.248 e. The van der Waals surface area contributed by atoms with Crippen LogP contribution in [0.25, 0.3) is 0 Å². The highest BCUT2D eigenvalue weighted by molar-refractivity contribution is 7.92. The Kier molecular flexibility index (Phi) is 9.38. The van der Waals surface area contributed by atoms with Gasteiger partial charge in [0.15, 0.2) is 15.6 Å². The summed E-state index contributed by atoms with van der Waals surface area (Å²) in [7, 11) is -3.86. The van der Waals surface area contributed by atoms with Crippen LogP contribution in [0.15, 0.2) is 29.2 Å². The highest BCUT2D eigenvalue weighted by Crippen LogP contribution is 2.22. The second-order valence-electron chi connectivity index (χ2n) is 4.81. The molecule has 1 rings (SSSR count). The zero-order valence-corrected chi connectivity index (χ0v) is 14.8. The summed E-state index contributed by atoms with van der Waals surface area (Å²) in [5, 5.41) is -1.20. The number of Topliss-reactive ketones (excluding diaryl/α,β-unsaturated/α-hetero) is 1. The first-order valence-corrected chi connectivity index (χ1v) is 8.85. The third-order valence-electron chi connectivity index (χ3n) is 3.25. The molecular weight excluding hydrogens is 363 g/mol. The number of amides is 1. The first kappa shape index (κ1) is 21.9. The third kappa shape index (κ3) is 5.76. The molecule has 0 spiro atoms. The monoisotopic (exact) mass is 382 g/mol. The normalized spacial score (nSPS) is 12.3. The van der Waals surface area contributed by atoms with Crippen molar-refractivity contribution < 1.29 is 18.0 Å². The Morgan fingerprint density at radius 2 is 1.70 bits per heavy atom. The number of primary amides is 1. The molecule has 6 nitrogen and oxygen atoms in total. The fraction of sp³-hybridized carbons (Fsp3) is 0.429. The number of hydrogen-bond donors (Lipinski definition) is 2. The van der Waals surface area contributed by atoms with Crippen LogP contribution in [0, 0.1) is 0 Å². The van der Waals surface area contributed by atoms with Crippen LogP contribution in [-0.2, 0) is 14.6 Å². The maximum Gasteiger partial charge on any atom is 0.248 e. The predicted molar refractivity (Wildman–Crippen MR) is 91.8 cm³/mol. The Labute approximate surface area is 146 Å². The minimum atomic E-state index is -3.86. The van der Waals surface area contributed by atoms with Crippen molar-refractivity contribution in [2.75, 3.05) is 12.4 Å². The van der Waals surface area contributed by atoms with Gasteiger partial charge in [0, 0.05) is 5.56 Å². The first-order valence-electron chi connectivity index (χ1n) is 6.77. The van der Waals surface area contributed by atoms with Crippen molar-refractivity contribution in [3.8, 4) is 0 Å². The Morgan fingerprint density at radius 1 is 1.13 bits per heavy atom. The lowest BCUT2D eigenvalue weighted by Crippen LogP contribution is -2.31. The molecule has 0 bridgehead atoms. The maximum atomic E-state index is 12.6. The summed E-state index contributed by atoms with van der Waals surface area (Å²) >= 11 is 5.52. The van der Waals surface area contributed by atoms with E-state index in [9.17, 15) is 18.0 Å². The molecule has 0 aliphatic carbocycles. The van der Waals surface area contributed by atoms with Crippen molar-refractivity contribution in [1.82, 2.24) is 0 Å². The van der Waals surface area contributed by atoms with Crippen LogP contribution in [0.3, 0.4) is 0 Å². The molecule has 1 aromatic carbocycles. The maximum absolute atomic E-state index is 12.6. The zero-order chi connectivity index (χ0) is 16.8. The zero-order valence-electron chi connectivity index (χ0n) is 12.4. The molecule has 0 aliphatic heterocycles. The van der Waals surface area contributed by atoms with Gasteiger partial charge in [0.25, 0.3) is 0 Å². The number of sulfone groups is 1. The van der Waals surface area contributed by atoms with Gasteiger partial charge in [-0.1, -0.05) is 6.42 Å². The molecular formula is C14H20Cl2N2O4S. The van der Waals surface area contributed by atoms with Gasteiger partial charge in [-0.2, -0.15) is 0 Å². The van der Waals surface area contributed by atoms with E-state index < -0.39 is 26.8 Å². The highest BCUT2D eigenvalue weighted by atomic mass is 35.5. The fourth-order valence-corrected chi connectivity index (χ4v) is 4.05. The van der Waals surface area contributed by atoms with Gasteiger partial charge in [0.1, 0.15) is 5.25 Å². The Hall–Kier alpha value is -1.15. The molecule has 1 unspecified atom stereocenters. The van der Waals surface area contributed by atoms with E-state index in [1.807, 2.05) is 0 Å². The number of carbonyl (C=O) groups is 2. The molecule has 1 atom stereocenters. The number of benzene rings is 1. The standard InChI is InChI=1S/C14H19ClN2O4S.ClH/c15-9-12(18)13(3-1-2-8-16)22(20,21)11-6-4-10(5-7-11)14(17)19;/h4-7,13H,1-3,8-9,16H2,(H2,17,19);1H. The molecule has 23 heavy (non-hydrogen) atoms. The molecule has 0 radical (unpaired) electrons. The molecule has 4 N–H and O–H groups in total. The van der Waals surface area contributed by atoms with Gasteiger partial charge in [0.05, 0.1) is 10.8 Å². The van der Waals surface area contributed by atoms with Crippen LogP contribution in [0.1, 0.15) is 29.6 Å². The molecule has 0 aromatic heterocycles. The van der Waals surface area contributed by atoms with E-state index in [4.69, 9.17) is 23.1 Å². The summed E-state index contributed by atoms with van der Waals surface area (Å²) in [6.45, 7) is 0.426. The number of hydrogen-bond acceptors (Lipinski definition) is 5. The lowest BCUT2D eigenvalue weighted by Gasteiger charge is -2.15. The molecule has 0 saturated heterocycles. The minimum absolute atomic E-state index is 0. The van der Waals surface area contributed by atoms with E-state index in [1.54, 1.807) is 0 Å². The fourth-order valence-electron chi connectivity index (χ4n) is 2.02. The summed E-state index contributed by atoms with van der Waals surface area (Å²) in [4.78, 5) is 22.9. The van der Waals surface area contributed by atoms with E-state index in [2.05, 4.69) is 0 Å². The molecule has 0 aliphatic rings. The average molecular weight is 383 g/mol. The van der Waals surface area contributed by atoms with E-state index in [1.165, 1.54) is 24.3 Å². The van der Waals surface area contributed by atoms with Gasteiger partial charge in [-0.15, -0.1) is 24.0 Å². The molecule has 9 heteroatoms. The molecule has 0 saturated carbocycles. The number of ketones is 1. The van der Waals surface area contributed by atoms with Crippen LogP contribution in [0.2, 0.25) is 0 Å². The van der Waals surface area contributed by atoms with E-state index in [0.717, 1.165) is 0 Å². The highest BCUT2D eigenvalue weighted by Gasteiger charge is 2.32. The van der Waals surface area contributed by atoms with Crippen molar-refractivity contribution >= 4 is 45.5 Å². The number of rotatable bonds is 9. The van der Waals surface area contributed by atoms with E-state index in [0.29, 0.717) is 19.4 Å². The molecule has 0 heterocycles. The van der Waals surface area contributed by atoms with Gasteiger partial charge in [-0.05, 0) is 43.7 Å². The van der Waals surface area contributed by atoms with Gasteiger partial charge in [-0.3, -0.25) is 9.59 Å². The lowest BCUT2D eigenvalue weighted by atomic mass is 10.1. The van der Waals surface area contributed by atoms with Crippen LogP contribution >= 0.6 is 24.0 Å². The quantitative estimate of drug-likeness (QED) is 0.492. The van der Waals surface area contributed by atoms with Crippen molar-refractivity contribution in [1.29, 1.82) is 0 Å². The van der Waals surface area contributed by atoms with Crippen molar-refractivity contribution in [3.63, 3.8) is 0 Å². The van der Waals surface area contributed by atoms with Crippen molar-refractivity contribution in [2.24, 2.45) is 11.5 Å². The Morgan fingerprint density at radius 3 is 2.13 bits per heavy atom. The predicted octanol–water partition coefficient (Wildman–Crippen LogP) is 1.29. The van der Waals surface area contributed by atoms with E-state index in [-0.39, 0.29) is 35.2 Å². The SMILES string of the molecule is Cl.NCCCCC(C(=O)CCl)S(=O)(=O)c1ccc(C(N)=O)cc1. The van der Waals surface area contributed by atoms with Crippen LogP contribution < -0.4 is 11.5 Å². The summed E-state index contributed by atoms with van der Waals surface area (Å²) in [5.41, 5.74) is 10.7. The topological polar surface area (TPSA) is 120 Å². The molecule has 130 valence electrons. The Bertz CT molecular complexity index is 633. The number of nitrogens with two attached hydrogens (primary N) is 2. The summed E-state index contributed by atoms with van der Waals surface area (Å²) in [6.07, 6.45) is 1.31. The second-order valence-corrected chi connectivity index (χ2v) is 7.20. The van der Waals surface area contributed by atoms with Gasteiger partial charge in [0.2, 0.25) is 5.91 Å². The molecule has 1 amide bonds. The van der Waals surface area contributed by atoms with Gasteiger partial charge >= 0.3 is 0 Å². The van der Waals surface area contributed by atoms with Crippen molar-refractivity contribution in [2.45, 2.75) is 29.4 Å². The first-order chi connectivity index (χ1) is 10.3. The number of carbonyl (C=O) groups excluding carboxylic acids is 2. The summed E-state index contributed by atoms with van der Waals surface area (Å²) in [6, 6.07) is 5.18. The second kappa shape index (κ2) is 9.87. The lowest BCUT2D eigenvalue weighted by molar-refractivity contribution is -0.116. The number of alkyl halides is 1. The van der Waals surface area contributed by atoms with Crippen molar-refractivity contribution in [3.05, 3.63) is 29.8 Å². The molecule has 0 fully saturated rings. The van der Waals surface area contributed by atoms with Crippen LogP contribution in [0.5, 0.6) is 0 Å². The third-order valence-corrected chi connectivity index (χ3v) is 5.69. The average Bonchev–Trinajstić information content (AvgIpc) is 2.50. The summed E-state index contributed by atoms with van der Waals surface area (Å²) < 4.78 is 25.2. The van der Waals surface area contributed by atoms with Gasteiger partial charge < -0.3 is 11.5 Å². The minimum Gasteiger partial charge on any atom is -0.366 e. The number of unbranched alkanes of at least 4 members (excludes halogenated alkanes) is 1.